The first-order chi connectivity index (χ1) is 8.75. The van der Waals surface area contributed by atoms with E-state index in [-0.39, 0.29) is 0 Å². The van der Waals surface area contributed by atoms with E-state index in [0.29, 0.717) is 17.8 Å². The van der Waals surface area contributed by atoms with E-state index < -0.39 is 11.5 Å². The standard InChI is InChI=1S/C14H12N2OS/c15-9-14(12(17)13-16-5-6-18-13)7-10-3-1-2-4-11(10)8-14/h1-6,12,17H,7-8H2. The highest BCUT2D eigenvalue weighted by atomic mass is 32.1. The number of aliphatic hydroxyl groups is 1. The SMILES string of the molecule is N#CC1(C(O)c2nccs2)Cc2ccccc2C1. The van der Waals surface area contributed by atoms with Gasteiger partial charge in [-0.2, -0.15) is 5.26 Å². The largest absolute Gasteiger partial charge is 0.384 e. The van der Waals surface area contributed by atoms with Gasteiger partial charge in [-0.15, -0.1) is 11.3 Å². The summed E-state index contributed by atoms with van der Waals surface area (Å²) in [5, 5.41) is 22.4. The summed E-state index contributed by atoms with van der Waals surface area (Å²) in [6.45, 7) is 0. The molecule has 0 fully saturated rings. The summed E-state index contributed by atoms with van der Waals surface area (Å²) in [5.74, 6) is 0. The smallest absolute Gasteiger partial charge is 0.125 e. The van der Waals surface area contributed by atoms with Gasteiger partial charge in [-0.25, -0.2) is 4.98 Å². The lowest BCUT2D eigenvalue weighted by molar-refractivity contribution is 0.0691. The fourth-order valence-electron chi connectivity index (χ4n) is 2.58. The van der Waals surface area contributed by atoms with Crippen LogP contribution in [-0.2, 0) is 12.8 Å². The predicted molar refractivity (Wildman–Crippen MR) is 69.0 cm³/mol. The van der Waals surface area contributed by atoms with Gasteiger partial charge in [0.15, 0.2) is 0 Å². The molecule has 3 rings (SSSR count). The Morgan fingerprint density at radius 3 is 2.50 bits per heavy atom. The predicted octanol–water partition coefficient (Wildman–Crippen LogP) is 2.49. The lowest BCUT2D eigenvalue weighted by Gasteiger charge is -2.25. The van der Waals surface area contributed by atoms with Crippen molar-refractivity contribution < 1.29 is 5.11 Å². The molecule has 0 bridgehead atoms. The number of benzene rings is 1. The maximum Gasteiger partial charge on any atom is 0.125 e. The molecule has 0 amide bonds. The maximum absolute atomic E-state index is 10.5. The highest BCUT2D eigenvalue weighted by Crippen LogP contribution is 2.45. The highest BCUT2D eigenvalue weighted by molar-refractivity contribution is 7.09. The highest BCUT2D eigenvalue weighted by Gasteiger charge is 2.45. The van der Waals surface area contributed by atoms with Gasteiger partial charge in [0.25, 0.3) is 0 Å². The van der Waals surface area contributed by atoms with Gasteiger partial charge >= 0.3 is 0 Å². The van der Waals surface area contributed by atoms with Crippen LogP contribution in [0.3, 0.4) is 0 Å². The number of thiazole rings is 1. The zero-order valence-electron chi connectivity index (χ0n) is 9.71. The first-order valence-corrected chi connectivity index (χ1v) is 6.69. The fraction of sp³-hybridized carbons (Fsp3) is 0.286. The maximum atomic E-state index is 10.5. The minimum absolute atomic E-state index is 0.598. The first-order valence-electron chi connectivity index (χ1n) is 5.81. The second-order valence-electron chi connectivity index (χ2n) is 4.66. The summed E-state index contributed by atoms with van der Waals surface area (Å²) < 4.78 is 0. The van der Waals surface area contributed by atoms with Gasteiger partial charge in [0.2, 0.25) is 0 Å². The summed E-state index contributed by atoms with van der Waals surface area (Å²) in [6.07, 6.45) is 2.05. The van der Waals surface area contributed by atoms with Gasteiger partial charge in [-0.1, -0.05) is 24.3 Å². The van der Waals surface area contributed by atoms with Gasteiger partial charge in [0.1, 0.15) is 11.1 Å². The average Bonchev–Trinajstić information content (AvgIpc) is 3.05. The lowest BCUT2D eigenvalue weighted by Crippen LogP contribution is -2.28. The third-order valence-electron chi connectivity index (χ3n) is 3.56. The molecule has 1 aliphatic carbocycles. The normalized spacial score (nSPS) is 18.0. The van der Waals surface area contributed by atoms with Gasteiger partial charge in [-0.05, 0) is 24.0 Å². The van der Waals surface area contributed by atoms with Crippen LogP contribution in [-0.4, -0.2) is 10.1 Å². The van der Waals surface area contributed by atoms with Gasteiger partial charge < -0.3 is 5.11 Å². The van der Waals surface area contributed by atoms with Gasteiger partial charge in [0, 0.05) is 11.6 Å². The van der Waals surface area contributed by atoms with Gasteiger partial charge in [0.05, 0.1) is 11.5 Å². The molecule has 3 nitrogen and oxygen atoms in total. The number of fused-ring (bicyclic) bond motifs is 1. The summed E-state index contributed by atoms with van der Waals surface area (Å²) in [6, 6.07) is 10.3. The lowest BCUT2D eigenvalue weighted by atomic mass is 9.81. The molecule has 1 aromatic carbocycles. The molecule has 1 aromatic heterocycles. The molecule has 0 aliphatic heterocycles. The van der Waals surface area contributed by atoms with Crippen molar-refractivity contribution in [1.29, 1.82) is 5.26 Å². The Bertz CT molecular complexity index is 576. The quantitative estimate of drug-likeness (QED) is 0.898. The number of aliphatic hydroxyl groups excluding tert-OH is 1. The molecule has 4 heteroatoms. The van der Waals surface area contributed by atoms with Crippen LogP contribution < -0.4 is 0 Å². The Balaban J connectivity index is 1.98. The minimum Gasteiger partial charge on any atom is -0.384 e. The Morgan fingerprint density at radius 2 is 2.00 bits per heavy atom. The van der Waals surface area contributed by atoms with Crippen molar-refractivity contribution in [2.75, 3.05) is 0 Å². The van der Waals surface area contributed by atoms with Crippen molar-refractivity contribution in [2.45, 2.75) is 18.9 Å². The second kappa shape index (κ2) is 4.20. The van der Waals surface area contributed by atoms with Crippen LogP contribution in [0.25, 0.3) is 0 Å². The molecule has 1 unspecified atom stereocenters. The number of nitrogens with zero attached hydrogens (tertiary/aromatic N) is 2. The first kappa shape index (κ1) is 11.4. The molecule has 0 saturated carbocycles. The van der Waals surface area contributed by atoms with E-state index in [4.69, 9.17) is 0 Å². The summed E-state index contributed by atoms with van der Waals surface area (Å²) >= 11 is 1.40. The van der Waals surface area contributed by atoms with E-state index >= 15 is 0 Å². The van der Waals surface area contributed by atoms with E-state index in [1.54, 1.807) is 6.20 Å². The molecule has 18 heavy (non-hydrogen) atoms. The number of hydrogen-bond donors (Lipinski definition) is 1. The molecule has 1 N–H and O–H groups in total. The van der Waals surface area contributed by atoms with E-state index in [1.807, 2.05) is 29.6 Å². The van der Waals surface area contributed by atoms with Crippen molar-refractivity contribution in [3.05, 3.63) is 52.0 Å². The molecule has 1 aliphatic rings. The Morgan fingerprint density at radius 1 is 1.33 bits per heavy atom. The minimum atomic E-state index is -0.810. The van der Waals surface area contributed by atoms with E-state index in [0.717, 1.165) is 11.1 Å². The molecule has 0 saturated heterocycles. The zero-order chi connectivity index (χ0) is 12.6. The number of rotatable bonds is 2. The molecule has 90 valence electrons. The summed E-state index contributed by atoms with van der Waals surface area (Å²) in [4.78, 5) is 4.13. The van der Waals surface area contributed by atoms with Crippen molar-refractivity contribution in [3.8, 4) is 6.07 Å². The number of nitriles is 1. The fourth-order valence-corrected chi connectivity index (χ4v) is 3.32. The van der Waals surface area contributed by atoms with Crippen LogP contribution in [0, 0.1) is 16.7 Å². The second-order valence-corrected chi connectivity index (χ2v) is 5.59. The van der Waals surface area contributed by atoms with Crippen molar-refractivity contribution >= 4 is 11.3 Å². The van der Waals surface area contributed by atoms with Crippen LogP contribution in [0.2, 0.25) is 0 Å². The molecular weight excluding hydrogens is 244 g/mol. The van der Waals surface area contributed by atoms with Crippen molar-refractivity contribution in [1.82, 2.24) is 4.98 Å². The monoisotopic (exact) mass is 256 g/mol. The van der Waals surface area contributed by atoms with Crippen LogP contribution >= 0.6 is 11.3 Å². The van der Waals surface area contributed by atoms with Crippen molar-refractivity contribution in [3.63, 3.8) is 0 Å². The zero-order valence-corrected chi connectivity index (χ0v) is 10.5. The van der Waals surface area contributed by atoms with E-state index in [9.17, 15) is 10.4 Å². The Kier molecular flexibility index (Phi) is 2.66. The molecule has 0 spiro atoms. The molecule has 1 atom stereocenters. The molecule has 1 heterocycles. The molecule has 2 aromatic rings. The molecular formula is C14H12N2OS. The van der Waals surface area contributed by atoms with Crippen LogP contribution in [0.1, 0.15) is 22.2 Å². The van der Waals surface area contributed by atoms with Gasteiger partial charge in [-0.3, -0.25) is 0 Å². The summed E-state index contributed by atoms with van der Waals surface area (Å²) in [5.41, 5.74) is 1.56. The van der Waals surface area contributed by atoms with E-state index in [1.165, 1.54) is 11.3 Å². The third kappa shape index (κ3) is 1.64. The third-order valence-corrected chi connectivity index (χ3v) is 4.39. The number of aromatic nitrogens is 1. The topological polar surface area (TPSA) is 56.9 Å². The average molecular weight is 256 g/mol. The molecule has 0 radical (unpaired) electrons. The van der Waals surface area contributed by atoms with E-state index in [2.05, 4.69) is 11.1 Å². The van der Waals surface area contributed by atoms with Crippen LogP contribution in [0.4, 0.5) is 0 Å². The Hall–Kier alpha value is -1.70. The van der Waals surface area contributed by atoms with Crippen LogP contribution in [0.5, 0.6) is 0 Å². The summed E-state index contributed by atoms with van der Waals surface area (Å²) in [7, 11) is 0. The number of hydrogen-bond acceptors (Lipinski definition) is 4. The van der Waals surface area contributed by atoms with Crippen LogP contribution in [0.15, 0.2) is 35.8 Å². The Labute approximate surface area is 109 Å². The van der Waals surface area contributed by atoms with Crippen molar-refractivity contribution in [2.24, 2.45) is 5.41 Å².